The molecule has 7 heteroatoms. The van der Waals surface area contributed by atoms with Crippen LogP contribution in [0.15, 0.2) is 36.4 Å². The number of hydrogen-bond acceptors (Lipinski definition) is 6. The number of nitriles is 1. The van der Waals surface area contributed by atoms with Gasteiger partial charge in [-0.1, -0.05) is 6.07 Å². The second-order valence-corrected chi connectivity index (χ2v) is 7.21. The Morgan fingerprint density at radius 1 is 1.14 bits per heavy atom. The van der Waals surface area contributed by atoms with Gasteiger partial charge in [0.25, 0.3) is 0 Å². The van der Waals surface area contributed by atoms with Crippen LogP contribution < -0.4 is 10.2 Å². The van der Waals surface area contributed by atoms with Gasteiger partial charge in [-0.15, -0.1) is 5.10 Å². The summed E-state index contributed by atoms with van der Waals surface area (Å²) in [6.45, 7) is 6.98. The van der Waals surface area contributed by atoms with Gasteiger partial charge >= 0.3 is 0 Å². The van der Waals surface area contributed by atoms with Gasteiger partial charge in [-0.2, -0.15) is 10.4 Å². The number of fused-ring (bicyclic) bond motifs is 1. The van der Waals surface area contributed by atoms with Gasteiger partial charge in [0.05, 0.1) is 36.6 Å². The number of hydrogen-bond donors (Lipinski definition) is 1. The summed E-state index contributed by atoms with van der Waals surface area (Å²) < 4.78 is 19.3. The Kier molecular flexibility index (Phi) is 5.28. The molecular weight excluding hydrogens is 369 g/mol. The normalized spacial score (nSPS) is 15.2. The molecule has 2 aromatic carbocycles. The van der Waals surface area contributed by atoms with E-state index in [0.29, 0.717) is 30.2 Å². The zero-order valence-corrected chi connectivity index (χ0v) is 16.4. The molecular formula is C22H22FN5O. The Balaban J connectivity index is 1.70. The Labute approximate surface area is 168 Å². The quantitative estimate of drug-likeness (QED) is 0.726. The third-order valence-corrected chi connectivity index (χ3v) is 5.23. The van der Waals surface area contributed by atoms with Gasteiger partial charge in [-0.3, -0.25) is 0 Å². The van der Waals surface area contributed by atoms with E-state index in [4.69, 9.17) is 10.00 Å². The van der Waals surface area contributed by atoms with Crippen molar-refractivity contribution in [3.63, 3.8) is 0 Å². The maximum Gasteiger partial charge on any atom is 0.157 e. The first kappa shape index (κ1) is 19.1. The molecule has 1 aliphatic heterocycles. The van der Waals surface area contributed by atoms with Crippen LogP contribution in [-0.2, 0) is 4.74 Å². The highest BCUT2D eigenvalue weighted by molar-refractivity contribution is 5.95. The minimum atomic E-state index is -0.429. The standard InChI is InChI=1S/C22H22FN5O/c1-14(17-9-16(13-24)10-18(23)11-17)25-22-21-12-19(28-5-7-29-8-6-28)3-4-20(21)15(2)26-27-22/h3-4,9-12,14H,5-8H2,1-2H3,(H,25,27)/t14-/m1/s1. The highest BCUT2D eigenvalue weighted by atomic mass is 19.1. The van der Waals surface area contributed by atoms with Crippen molar-refractivity contribution in [1.82, 2.24) is 10.2 Å². The molecule has 29 heavy (non-hydrogen) atoms. The molecule has 0 bridgehead atoms. The van der Waals surface area contributed by atoms with Crippen LogP contribution in [0.25, 0.3) is 10.8 Å². The lowest BCUT2D eigenvalue weighted by Crippen LogP contribution is -2.36. The number of ether oxygens (including phenoxy) is 1. The average molecular weight is 391 g/mol. The van der Waals surface area contributed by atoms with Crippen molar-refractivity contribution in [2.45, 2.75) is 19.9 Å². The lowest BCUT2D eigenvalue weighted by molar-refractivity contribution is 0.122. The van der Waals surface area contributed by atoms with Gasteiger partial charge in [-0.25, -0.2) is 4.39 Å². The number of anilines is 2. The topological polar surface area (TPSA) is 74.1 Å². The lowest BCUT2D eigenvalue weighted by Gasteiger charge is -2.29. The molecule has 2 heterocycles. The maximum atomic E-state index is 13.9. The van der Waals surface area contributed by atoms with Crippen molar-refractivity contribution in [2.24, 2.45) is 0 Å². The molecule has 1 atom stereocenters. The number of halogens is 1. The molecule has 4 rings (SSSR count). The van der Waals surface area contributed by atoms with E-state index in [-0.39, 0.29) is 6.04 Å². The number of nitrogens with one attached hydrogen (secondary N) is 1. The molecule has 1 aliphatic rings. The van der Waals surface area contributed by atoms with Crippen LogP contribution in [0.4, 0.5) is 15.9 Å². The van der Waals surface area contributed by atoms with Crippen molar-refractivity contribution >= 4 is 22.3 Å². The number of aryl methyl sites for hydroxylation is 1. The largest absolute Gasteiger partial charge is 0.378 e. The summed E-state index contributed by atoms with van der Waals surface area (Å²) in [5.74, 6) is 0.207. The first-order chi connectivity index (χ1) is 14.0. The number of benzene rings is 2. The fourth-order valence-electron chi connectivity index (χ4n) is 3.62. The summed E-state index contributed by atoms with van der Waals surface area (Å²) in [6.07, 6.45) is 0. The number of nitrogens with zero attached hydrogens (tertiary/aromatic N) is 4. The summed E-state index contributed by atoms with van der Waals surface area (Å²) >= 11 is 0. The second kappa shape index (κ2) is 8.02. The van der Waals surface area contributed by atoms with E-state index in [1.54, 1.807) is 6.07 Å². The van der Waals surface area contributed by atoms with Gasteiger partial charge in [-0.05, 0) is 49.7 Å². The summed E-state index contributed by atoms with van der Waals surface area (Å²) in [4.78, 5) is 2.29. The molecule has 1 aromatic heterocycles. The van der Waals surface area contributed by atoms with Gasteiger partial charge in [0, 0.05) is 29.5 Å². The molecule has 1 saturated heterocycles. The van der Waals surface area contributed by atoms with Crippen LogP contribution >= 0.6 is 0 Å². The molecule has 6 nitrogen and oxygen atoms in total. The van der Waals surface area contributed by atoms with E-state index in [1.807, 2.05) is 19.9 Å². The van der Waals surface area contributed by atoms with Crippen molar-refractivity contribution in [3.8, 4) is 6.07 Å². The fraction of sp³-hybridized carbons (Fsp3) is 0.318. The average Bonchev–Trinajstić information content (AvgIpc) is 2.75. The summed E-state index contributed by atoms with van der Waals surface area (Å²) in [5.41, 5.74) is 2.94. The number of morpholine rings is 1. The monoisotopic (exact) mass is 391 g/mol. The van der Waals surface area contributed by atoms with Gasteiger partial charge < -0.3 is 15.0 Å². The highest BCUT2D eigenvalue weighted by Gasteiger charge is 2.16. The maximum absolute atomic E-state index is 13.9. The number of rotatable bonds is 4. The smallest absolute Gasteiger partial charge is 0.157 e. The van der Waals surface area contributed by atoms with E-state index in [2.05, 4.69) is 38.6 Å². The van der Waals surface area contributed by atoms with E-state index in [0.717, 1.165) is 35.2 Å². The third-order valence-electron chi connectivity index (χ3n) is 5.23. The summed E-state index contributed by atoms with van der Waals surface area (Å²) in [7, 11) is 0. The van der Waals surface area contributed by atoms with E-state index < -0.39 is 5.82 Å². The Morgan fingerprint density at radius 2 is 1.93 bits per heavy atom. The highest BCUT2D eigenvalue weighted by Crippen LogP contribution is 2.30. The van der Waals surface area contributed by atoms with Gasteiger partial charge in [0.2, 0.25) is 0 Å². The molecule has 0 aliphatic carbocycles. The molecule has 0 amide bonds. The predicted octanol–water partition coefficient (Wildman–Crippen LogP) is 3.96. The van der Waals surface area contributed by atoms with Crippen LogP contribution in [0.3, 0.4) is 0 Å². The first-order valence-electron chi connectivity index (χ1n) is 9.62. The van der Waals surface area contributed by atoms with Crippen molar-refractivity contribution in [1.29, 1.82) is 5.26 Å². The SMILES string of the molecule is Cc1nnc(N[C@H](C)c2cc(F)cc(C#N)c2)c2cc(N3CCOCC3)ccc12. The molecule has 0 radical (unpaired) electrons. The first-order valence-corrected chi connectivity index (χ1v) is 9.62. The van der Waals surface area contributed by atoms with Crippen LogP contribution in [0, 0.1) is 24.1 Å². The van der Waals surface area contributed by atoms with Crippen LogP contribution in [-0.4, -0.2) is 36.5 Å². The lowest BCUT2D eigenvalue weighted by atomic mass is 10.0. The minimum Gasteiger partial charge on any atom is -0.378 e. The van der Waals surface area contributed by atoms with Crippen LogP contribution in [0.1, 0.15) is 29.8 Å². The molecule has 1 fully saturated rings. The van der Waals surface area contributed by atoms with E-state index >= 15 is 0 Å². The fourth-order valence-corrected chi connectivity index (χ4v) is 3.62. The van der Waals surface area contributed by atoms with E-state index in [9.17, 15) is 4.39 Å². The van der Waals surface area contributed by atoms with Crippen LogP contribution in [0.5, 0.6) is 0 Å². The second-order valence-electron chi connectivity index (χ2n) is 7.21. The molecule has 3 aromatic rings. The van der Waals surface area contributed by atoms with E-state index in [1.165, 1.54) is 12.1 Å². The number of aromatic nitrogens is 2. The minimum absolute atomic E-state index is 0.245. The molecule has 0 saturated carbocycles. The summed E-state index contributed by atoms with van der Waals surface area (Å²) in [5, 5.41) is 23.1. The van der Waals surface area contributed by atoms with Gasteiger partial charge in [0.15, 0.2) is 5.82 Å². The van der Waals surface area contributed by atoms with Crippen molar-refractivity contribution in [2.75, 3.05) is 36.5 Å². The predicted molar refractivity (Wildman–Crippen MR) is 110 cm³/mol. The van der Waals surface area contributed by atoms with Crippen LogP contribution in [0.2, 0.25) is 0 Å². The zero-order valence-electron chi connectivity index (χ0n) is 16.4. The molecule has 0 unspecified atom stereocenters. The summed E-state index contributed by atoms with van der Waals surface area (Å²) in [6, 6.07) is 12.4. The van der Waals surface area contributed by atoms with Crippen molar-refractivity contribution < 1.29 is 9.13 Å². The molecule has 148 valence electrons. The third kappa shape index (κ3) is 3.98. The Bertz CT molecular complexity index is 1090. The molecule has 0 spiro atoms. The zero-order chi connectivity index (χ0) is 20.4. The van der Waals surface area contributed by atoms with Crippen molar-refractivity contribution in [3.05, 3.63) is 59.0 Å². The Hall–Kier alpha value is -3.24. The molecule has 1 N–H and O–H groups in total. The van der Waals surface area contributed by atoms with Gasteiger partial charge in [0.1, 0.15) is 5.82 Å². The Morgan fingerprint density at radius 3 is 2.69 bits per heavy atom.